The third-order valence-corrected chi connectivity index (χ3v) is 8.55. The van der Waals surface area contributed by atoms with Crippen LogP contribution >= 0.6 is 0 Å². The third-order valence-electron chi connectivity index (χ3n) is 8.55. The molecule has 4 heteroatoms. The fourth-order valence-corrected chi connectivity index (χ4v) is 6.27. The van der Waals surface area contributed by atoms with Gasteiger partial charge in [0.05, 0.1) is 5.41 Å². The number of hydrogen-bond acceptors (Lipinski definition) is 3. The zero-order chi connectivity index (χ0) is 21.1. The van der Waals surface area contributed by atoms with E-state index in [-0.39, 0.29) is 10.8 Å². The molecule has 2 saturated heterocycles. The van der Waals surface area contributed by atoms with E-state index < -0.39 is 0 Å². The van der Waals surface area contributed by atoms with Crippen molar-refractivity contribution in [1.82, 2.24) is 14.7 Å². The molecular formula is C25H45N3O. The van der Waals surface area contributed by atoms with E-state index in [4.69, 9.17) is 0 Å². The molecule has 0 aromatic rings. The van der Waals surface area contributed by atoms with Crippen LogP contribution < -0.4 is 0 Å². The minimum Gasteiger partial charge on any atom is -0.342 e. The van der Waals surface area contributed by atoms with Crippen molar-refractivity contribution >= 4 is 5.91 Å². The molecule has 0 spiro atoms. The first-order chi connectivity index (χ1) is 13.9. The Hall–Kier alpha value is -0.870. The quantitative estimate of drug-likeness (QED) is 0.636. The number of rotatable bonds is 5. The second-order valence-electron chi connectivity index (χ2n) is 10.2. The van der Waals surface area contributed by atoms with E-state index in [1.54, 1.807) is 0 Å². The molecule has 0 N–H and O–H groups in total. The van der Waals surface area contributed by atoms with Crippen LogP contribution in [0.25, 0.3) is 0 Å². The number of piperazine rings is 1. The number of amides is 1. The normalized spacial score (nSPS) is 33.4. The van der Waals surface area contributed by atoms with Gasteiger partial charge in [-0.05, 0) is 83.2 Å². The van der Waals surface area contributed by atoms with Gasteiger partial charge >= 0.3 is 0 Å². The number of fused-ring (bicyclic) bond motifs is 2. The second kappa shape index (κ2) is 9.51. The van der Waals surface area contributed by atoms with E-state index in [9.17, 15) is 4.79 Å². The topological polar surface area (TPSA) is 26.8 Å². The van der Waals surface area contributed by atoms with Crippen molar-refractivity contribution in [3.05, 3.63) is 12.2 Å². The van der Waals surface area contributed by atoms with Crippen LogP contribution in [0.3, 0.4) is 0 Å². The minimum absolute atomic E-state index is 0.0361. The maximum absolute atomic E-state index is 13.4. The monoisotopic (exact) mass is 403 g/mol. The summed E-state index contributed by atoms with van der Waals surface area (Å²) in [6.45, 7) is 18.5. The van der Waals surface area contributed by atoms with Gasteiger partial charge in [-0.15, -0.1) is 0 Å². The Morgan fingerprint density at radius 1 is 0.931 bits per heavy atom. The lowest BCUT2D eigenvalue weighted by Crippen LogP contribution is -2.47. The first kappa shape index (κ1) is 22.8. The molecule has 2 saturated carbocycles. The van der Waals surface area contributed by atoms with Gasteiger partial charge in [-0.3, -0.25) is 4.79 Å². The summed E-state index contributed by atoms with van der Waals surface area (Å²) in [6, 6.07) is 0. The number of carbonyl (C=O) groups excluding carboxylic acids is 1. The van der Waals surface area contributed by atoms with Crippen LogP contribution in [-0.2, 0) is 4.79 Å². The minimum atomic E-state index is -0.0361. The van der Waals surface area contributed by atoms with Crippen LogP contribution in [0.15, 0.2) is 12.2 Å². The zero-order valence-corrected chi connectivity index (χ0v) is 19.6. The smallest absolute Gasteiger partial charge is 0.228 e. The molecule has 1 amide bonds. The van der Waals surface area contributed by atoms with E-state index in [1.165, 1.54) is 70.4 Å². The van der Waals surface area contributed by atoms with Gasteiger partial charge < -0.3 is 14.7 Å². The van der Waals surface area contributed by atoms with Crippen LogP contribution in [0.4, 0.5) is 0 Å². The first-order valence-corrected chi connectivity index (χ1v) is 12.3. The molecule has 4 nitrogen and oxygen atoms in total. The lowest BCUT2D eigenvalue weighted by molar-refractivity contribution is -0.143. The largest absolute Gasteiger partial charge is 0.342 e. The molecule has 29 heavy (non-hydrogen) atoms. The molecule has 0 aromatic heterocycles. The van der Waals surface area contributed by atoms with Crippen molar-refractivity contribution in [2.75, 3.05) is 52.9 Å². The van der Waals surface area contributed by atoms with Crippen LogP contribution in [0.5, 0.6) is 0 Å². The zero-order valence-electron chi connectivity index (χ0n) is 19.6. The van der Waals surface area contributed by atoms with Crippen molar-refractivity contribution in [2.45, 2.75) is 72.1 Å². The molecule has 2 heterocycles. The molecule has 0 atom stereocenters. The van der Waals surface area contributed by atoms with Crippen LogP contribution in [0.2, 0.25) is 0 Å². The summed E-state index contributed by atoms with van der Waals surface area (Å²) in [5, 5.41) is 0. The molecule has 4 aliphatic rings. The predicted molar refractivity (Wildman–Crippen MR) is 122 cm³/mol. The highest BCUT2D eigenvalue weighted by Crippen LogP contribution is 2.64. The Bertz CT molecular complexity index is 563. The summed E-state index contributed by atoms with van der Waals surface area (Å²) >= 11 is 0. The van der Waals surface area contributed by atoms with Gasteiger partial charge in [0.2, 0.25) is 5.91 Å². The molecular weight excluding hydrogens is 358 g/mol. The van der Waals surface area contributed by atoms with E-state index >= 15 is 0 Å². The van der Waals surface area contributed by atoms with Crippen molar-refractivity contribution < 1.29 is 4.79 Å². The molecule has 2 aliphatic carbocycles. The van der Waals surface area contributed by atoms with E-state index in [2.05, 4.69) is 35.3 Å². The molecule has 0 aromatic carbocycles. The van der Waals surface area contributed by atoms with Crippen molar-refractivity contribution in [3.8, 4) is 0 Å². The summed E-state index contributed by atoms with van der Waals surface area (Å²) < 4.78 is 0. The Morgan fingerprint density at radius 3 is 2.00 bits per heavy atom. The van der Waals surface area contributed by atoms with Crippen LogP contribution in [0, 0.1) is 16.7 Å². The maximum Gasteiger partial charge on any atom is 0.228 e. The summed E-state index contributed by atoms with van der Waals surface area (Å²) in [6.07, 6.45) is 9.39. The molecule has 4 fully saturated rings. The molecule has 2 aliphatic heterocycles. The lowest BCUT2D eigenvalue weighted by Gasteiger charge is -2.38. The molecule has 4 rings (SSSR count). The standard InChI is InChI=1S/C23H39N3O.C2H6/c1-19(2)22-7-9-23(18-22,10-8-22)21(27)26-12-5-20(6-13-26)4-11-25-16-14-24(3)15-17-25;1-2/h20H,1,4-18H2,2-3H3;1-2H3. The highest BCUT2D eigenvalue weighted by atomic mass is 16.2. The molecule has 0 unspecified atom stereocenters. The molecule has 166 valence electrons. The number of allylic oxidation sites excluding steroid dienone is 1. The SMILES string of the molecule is C=C(C)C12CCC(C(=O)N3CCC(CCN4CCN(C)CC4)CC3)(CC1)C2.CC. The Balaban J connectivity index is 0.00000117. The Labute approximate surface area is 179 Å². The van der Waals surface area contributed by atoms with E-state index in [1.807, 2.05) is 13.8 Å². The third kappa shape index (κ3) is 4.74. The van der Waals surface area contributed by atoms with E-state index in [0.29, 0.717) is 5.91 Å². The van der Waals surface area contributed by atoms with Gasteiger partial charge in [-0.25, -0.2) is 0 Å². The van der Waals surface area contributed by atoms with Gasteiger partial charge in [0.1, 0.15) is 0 Å². The number of carbonyl (C=O) groups is 1. The van der Waals surface area contributed by atoms with Gasteiger partial charge in [0.25, 0.3) is 0 Å². The van der Waals surface area contributed by atoms with Gasteiger partial charge in [-0.1, -0.05) is 26.0 Å². The number of hydrogen-bond donors (Lipinski definition) is 0. The highest BCUT2D eigenvalue weighted by molar-refractivity contribution is 5.84. The first-order valence-electron chi connectivity index (χ1n) is 12.3. The Morgan fingerprint density at radius 2 is 1.48 bits per heavy atom. The van der Waals surface area contributed by atoms with Gasteiger partial charge in [-0.2, -0.15) is 0 Å². The summed E-state index contributed by atoms with van der Waals surface area (Å²) in [7, 11) is 2.22. The maximum atomic E-state index is 13.4. The number of likely N-dealkylation sites (N-methyl/N-ethyl adjacent to an activating group) is 1. The summed E-state index contributed by atoms with van der Waals surface area (Å²) in [5.74, 6) is 1.30. The van der Waals surface area contributed by atoms with E-state index in [0.717, 1.165) is 38.3 Å². The number of likely N-dealkylation sites (tertiary alicyclic amines) is 1. The fourth-order valence-electron chi connectivity index (χ4n) is 6.27. The van der Waals surface area contributed by atoms with Crippen molar-refractivity contribution in [3.63, 3.8) is 0 Å². The highest BCUT2D eigenvalue weighted by Gasteiger charge is 2.59. The summed E-state index contributed by atoms with van der Waals surface area (Å²) in [5.41, 5.74) is 1.57. The number of nitrogens with zero attached hydrogens (tertiary/aromatic N) is 3. The van der Waals surface area contributed by atoms with Gasteiger partial charge in [0, 0.05) is 39.3 Å². The van der Waals surface area contributed by atoms with Crippen LogP contribution in [-0.4, -0.2) is 73.5 Å². The number of piperidine rings is 1. The average Bonchev–Trinajstić information content (AvgIpc) is 3.34. The Kier molecular flexibility index (Phi) is 7.48. The molecule has 0 radical (unpaired) electrons. The van der Waals surface area contributed by atoms with Crippen molar-refractivity contribution in [2.24, 2.45) is 16.7 Å². The lowest BCUT2D eigenvalue weighted by atomic mass is 9.78. The summed E-state index contributed by atoms with van der Waals surface area (Å²) in [4.78, 5) is 20.7. The van der Waals surface area contributed by atoms with Gasteiger partial charge in [0.15, 0.2) is 0 Å². The fraction of sp³-hybridized carbons (Fsp3) is 0.880. The average molecular weight is 404 g/mol. The molecule has 2 bridgehead atoms. The second-order valence-corrected chi connectivity index (χ2v) is 10.2. The van der Waals surface area contributed by atoms with Crippen LogP contribution in [0.1, 0.15) is 72.1 Å². The predicted octanol–water partition coefficient (Wildman–Crippen LogP) is 4.42. The van der Waals surface area contributed by atoms with Crippen molar-refractivity contribution in [1.29, 1.82) is 0 Å².